The first-order valence-electron chi connectivity index (χ1n) is 18.6. The lowest BCUT2D eigenvalue weighted by Crippen LogP contribution is -2.57. The number of aliphatic hydroxyl groups excluding tert-OH is 2. The molecular formula is C41H58N4O7. The maximum Gasteiger partial charge on any atom is 0.408 e. The maximum absolute atomic E-state index is 14.0. The molecule has 4 amide bonds. The van der Waals surface area contributed by atoms with Crippen molar-refractivity contribution in [2.24, 2.45) is 11.8 Å². The predicted octanol–water partition coefficient (Wildman–Crippen LogP) is 5.16. The van der Waals surface area contributed by atoms with E-state index in [9.17, 15) is 29.4 Å². The molecule has 0 fully saturated rings. The van der Waals surface area contributed by atoms with Crippen LogP contribution < -0.4 is 21.3 Å². The molecule has 3 aromatic rings. The van der Waals surface area contributed by atoms with Gasteiger partial charge < -0.3 is 36.2 Å². The average molecular weight is 719 g/mol. The van der Waals surface area contributed by atoms with Crippen molar-refractivity contribution < 1.29 is 34.1 Å². The molecule has 0 aliphatic rings. The van der Waals surface area contributed by atoms with Gasteiger partial charge in [-0.3, -0.25) is 14.4 Å². The highest BCUT2D eigenvalue weighted by Gasteiger charge is 2.31. The monoisotopic (exact) mass is 718 g/mol. The van der Waals surface area contributed by atoms with Gasteiger partial charge in [-0.1, -0.05) is 127 Å². The minimum absolute atomic E-state index is 0.0205. The van der Waals surface area contributed by atoms with Gasteiger partial charge in [-0.05, 0) is 46.6 Å². The molecule has 11 nitrogen and oxygen atoms in total. The summed E-state index contributed by atoms with van der Waals surface area (Å²) in [4.78, 5) is 53.8. The topological polar surface area (TPSA) is 166 Å². The van der Waals surface area contributed by atoms with E-state index in [0.717, 1.165) is 34.7 Å². The number of nitrogens with one attached hydrogen (secondary N) is 4. The molecule has 0 aromatic heterocycles. The summed E-state index contributed by atoms with van der Waals surface area (Å²) in [5.41, 5.74) is 1.63. The van der Waals surface area contributed by atoms with Crippen LogP contribution in [0.4, 0.5) is 4.79 Å². The third-order valence-electron chi connectivity index (χ3n) is 9.39. The number of fused-ring (bicyclic) bond motifs is 1. The fraction of sp³-hybridized carbons (Fsp3) is 0.512. The number of ether oxygens (including phenoxy) is 1. The molecule has 6 atom stereocenters. The number of hydrogen-bond acceptors (Lipinski definition) is 7. The minimum atomic E-state index is -1.20. The van der Waals surface area contributed by atoms with E-state index >= 15 is 0 Å². The number of carbonyl (C=O) groups excluding carboxylic acids is 4. The predicted molar refractivity (Wildman–Crippen MR) is 203 cm³/mol. The van der Waals surface area contributed by atoms with Crippen LogP contribution in [-0.2, 0) is 32.1 Å². The number of rotatable bonds is 21. The molecule has 0 radical (unpaired) electrons. The van der Waals surface area contributed by atoms with Gasteiger partial charge in [-0.25, -0.2) is 4.79 Å². The van der Waals surface area contributed by atoms with E-state index < -0.39 is 54.1 Å². The van der Waals surface area contributed by atoms with Crippen molar-refractivity contribution >= 4 is 34.6 Å². The molecule has 0 unspecified atom stereocenters. The van der Waals surface area contributed by atoms with Crippen molar-refractivity contribution in [1.82, 2.24) is 21.3 Å². The molecule has 52 heavy (non-hydrogen) atoms. The van der Waals surface area contributed by atoms with Gasteiger partial charge in [-0.2, -0.15) is 0 Å². The van der Waals surface area contributed by atoms with Crippen LogP contribution in [0.1, 0.15) is 84.3 Å². The Bertz CT molecular complexity index is 1560. The lowest BCUT2D eigenvalue weighted by atomic mass is 9.95. The number of alkyl carbamates (subject to hydrolysis) is 1. The van der Waals surface area contributed by atoms with E-state index in [-0.39, 0.29) is 37.9 Å². The Morgan fingerprint density at radius 3 is 2.12 bits per heavy atom. The highest BCUT2D eigenvalue weighted by molar-refractivity contribution is 5.92. The fourth-order valence-electron chi connectivity index (χ4n) is 6.11. The number of unbranched alkanes of at least 4 members (excludes halogenated alkanes) is 1. The zero-order chi connectivity index (χ0) is 38.0. The Balaban J connectivity index is 1.80. The lowest BCUT2D eigenvalue weighted by molar-refractivity contribution is -0.131. The van der Waals surface area contributed by atoms with Crippen LogP contribution in [0.5, 0.6) is 0 Å². The second-order valence-electron chi connectivity index (χ2n) is 14.1. The Morgan fingerprint density at radius 2 is 1.44 bits per heavy atom. The second kappa shape index (κ2) is 21.8. The Morgan fingerprint density at radius 1 is 0.769 bits per heavy atom. The molecule has 0 aliphatic heterocycles. The third-order valence-corrected chi connectivity index (χ3v) is 9.39. The number of aliphatic hydroxyl groups is 2. The second-order valence-corrected chi connectivity index (χ2v) is 14.1. The molecule has 0 saturated heterocycles. The van der Waals surface area contributed by atoms with Gasteiger partial charge in [0.1, 0.15) is 18.7 Å². The summed E-state index contributed by atoms with van der Waals surface area (Å²) in [6, 6.07) is 19.5. The van der Waals surface area contributed by atoms with E-state index in [1.54, 1.807) is 0 Å². The molecule has 3 rings (SSSR count). The molecule has 3 aromatic carbocycles. The Hall–Kier alpha value is -4.48. The number of benzene rings is 3. The Kier molecular flexibility index (Phi) is 17.6. The normalized spacial score (nSPS) is 14.8. The highest BCUT2D eigenvalue weighted by atomic mass is 16.5. The summed E-state index contributed by atoms with van der Waals surface area (Å²) in [7, 11) is 0. The van der Waals surface area contributed by atoms with Crippen LogP contribution in [0.2, 0.25) is 0 Å². The molecule has 6 N–H and O–H groups in total. The van der Waals surface area contributed by atoms with E-state index in [0.29, 0.717) is 19.3 Å². The van der Waals surface area contributed by atoms with Gasteiger partial charge in [-0.15, -0.1) is 0 Å². The zero-order valence-electron chi connectivity index (χ0n) is 31.3. The number of carbonyl (C=O) groups is 4. The fourth-order valence-corrected chi connectivity index (χ4v) is 6.11. The first kappa shape index (κ1) is 41.9. The van der Waals surface area contributed by atoms with Crippen molar-refractivity contribution in [3.8, 4) is 0 Å². The van der Waals surface area contributed by atoms with Crippen LogP contribution >= 0.6 is 0 Å². The SMILES string of the molecule is CCCC[C@H](NC(=O)[C@H](Cc1cccc2ccccc12)NC(=O)OCc1ccccc1)C(=O)N[C@@H](CC(C)C)[C@@H](O)CC(=O)N[C@H](CO)[C@@H](C)CC. The molecule has 0 spiro atoms. The third kappa shape index (κ3) is 13.6. The summed E-state index contributed by atoms with van der Waals surface area (Å²) in [6.45, 7) is 9.58. The quantitative estimate of drug-likeness (QED) is 0.0886. The van der Waals surface area contributed by atoms with Gasteiger partial charge >= 0.3 is 6.09 Å². The highest BCUT2D eigenvalue weighted by Crippen LogP contribution is 2.21. The van der Waals surface area contributed by atoms with Gasteiger partial charge in [0.25, 0.3) is 0 Å². The first-order valence-corrected chi connectivity index (χ1v) is 18.6. The minimum Gasteiger partial charge on any atom is -0.445 e. The van der Waals surface area contributed by atoms with Crippen LogP contribution in [0.25, 0.3) is 10.8 Å². The van der Waals surface area contributed by atoms with E-state index in [4.69, 9.17) is 4.74 Å². The smallest absolute Gasteiger partial charge is 0.408 e. The van der Waals surface area contributed by atoms with Crippen LogP contribution in [-0.4, -0.2) is 70.9 Å². The molecule has 0 bridgehead atoms. The van der Waals surface area contributed by atoms with Gasteiger partial charge in [0, 0.05) is 6.42 Å². The van der Waals surface area contributed by atoms with E-state index in [1.807, 2.05) is 107 Å². The molecule has 0 saturated carbocycles. The number of amides is 4. The van der Waals surface area contributed by atoms with Crippen LogP contribution in [0, 0.1) is 11.8 Å². The summed E-state index contributed by atoms with van der Waals surface area (Å²) >= 11 is 0. The van der Waals surface area contributed by atoms with Gasteiger partial charge in [0.05, 0.1) is 31.2 Å². The standard InChI is InChI=1S/C41H58N4O7/c1-6-8-21-33(39(49)44-34(22-27(3)4)37(47)24-38(48)42-36(25-46)28(5)7-2)43-40(50)35(45-41(51)52-26-29-15-10-9-11-16-29)23-31-19-14-18-30-17-12-13-20-32(30)31/h9-20,27-28,33-37,46-47H,6-8,21-26H2,1-5H3,(H,42,48)(H,43,50)(H,44,49)(H,45,51)/t28-,33-,34-,35-,36+,37-/m0/s1. The molecular weight excluding hydrogens is 660 g/mol. The maximum atomic E-state index is 14.0. The van der Waals surface area contributed by atoms with Crippen molar-refractivity contribution in [2.75, 3.05) is 6.61 Å². The zero-order valence-corrected chi connectivity index (χ0v) is 31.3. The van der Waals surface area contributed by atoms with E-state index in [2.05, 4.69) is 21.3 Å². The summed E-state index contributed by atoms with van der Waals surface area (Å²) in [5, 5.41) is 34.2. The van der Waals surface area contributed by atoms with Crippen molar-refractivity contribution in [2.45, 2.75) is 116 Å². The first-order chi connectivity index (χ1) is 24.9. The molecule has 11 heteroatoms. The summed E-state index contributed by atoms with van der Waals surface area (Å²) < 4.78 is 5.47. The van der Waals surface area contributed by atoms with Crippen LogP contribution in [0.3, 0.4) is 0 Å². The lowest BCUT2D eigenvalue weighted by Gasteiger charge is -2.29. The summed E-state index contributed by atoms with van der Waals surface area (Å²) in [5.74, 6) is -1.35. The van der Waals surface area contributed by atoms with Crippen molar-refractivity contribution in [1.29, 1.82) is 0 Å². The van der Waals surface area contributed by atoms with Crippen molar-refractivity contribution in [3.63, 3.8) is 0 Å². The molecule has 0 heterocycles. The van der Waals surface area contributed by atoms with Gasteiger partial charge in [0.15, 0.2) is 0 Å². The number of hydrogen-bond donors (Lipinski definition) is 6. The molecule has 284 valence electrons. The van der Waals surface area contributed by atoms with Crippen LogP contribution in [0.15, 0.2) is 72.8 Å². The van der Waals surface area contributed by atoms with Gasteiger partial charge in [0.2, 0.25) is 17.7 Å². The molecule has 0 aliphatic carbocycles. The summed E-state index contributed by atoms with van der Waals surface area (Å²) in [6.07, 6.45) is 0.787. The largest absolute Gasteiger partial charge is 0.445 e. The van der Waals surface area contributed by atoms with Crippen molar-refractivity contribution in [3.05, 3.63) is 83.9 Å². The average Bonchev–Trinajstić information content (AvgIpc) is 3.13. The van der Waals surface area contributed by atoms with E-state index in [1.165, 1.54) is 0 Å². The Labute approximate surface area is 308 Å².